The standard InChI is InChI=1S/C14H9ClN2O/c15-14(18)7-9-1-3-10(4-2-9)12-6-5-11-8-13(12)17-16-11/h1-6,8H,7H2. The molecule has 3 rings (SSSR count). The molecule has 0 fully saturated rings. The van der Waals surface area contributed by atoms with E-state index in [2.05, 4.69) is 10.2 Å². The summed E-state index contributed by atoms with van der Waals surface area (Å²) in [4.78, 5) is 10.8. The van der Waals surface area contributed by atoms with Crippen LogP contribution in [0.15, 0.2) is 52.7 Å². The van der Waals surface area contributed by atoms with Crippen molar-refractivity contribution in [3.05, 3.63) is 48.0 Å². The van der Waals surface area contributed by atoms with Gasteiger partial charge in [-0.05, 0) is 40.9 Å². The molecule has 0 aromatic heterocycles. The Bertz CT molecular complexity index is 647. The highest BCUT2D eigenvalue weighted by Gasteiger charge is 2.10. The van der Waals surface area contributed by atoms with Gasteiger partial charge in [-0.2, -0.15) is 5.11 Å². The van der Waals surface area contributed by atoms with Gasteiger partial charge < -0.3 is 0 Å². The molecule has 0 saturated carbocycles. The number of hydrogen-bond donors (Lipinski definition) is 0. The maximum absolute atomic E-state index is 10.8. The van der Waals surface area contributed by atoms with Crippen molar-refractivity contribution in [1.82, 2.24) is 0 Å². The Labute approximate surface area is 109 Å². The molecular weight excluding hydrogens is 248 g/mol. The van der Waals surface area contributed by atoms with Crippen molar-refractivity contribution in [1.29, 1.82) is 0 Å². The van der Waals surface area contributed by atoms with Gasteiger partial charge in [0.25, 0.3) is 0 Å². The number of benzene rings is 2. The minimum atomic E-state index is -0.348. The summed E-state index contributed by atoms with van der Waals surface area (Å²) in [6.07, 6.45) is 0.257. The second kappa shape index (κ2) is 4.35. The first-order valence-corrected chi connectivity index (χ1v) is 5.93. The molecule has 0 spiro atoms. The first-order chi connectivity index (χ1) is 8.72. The van der Waals surface area contributed by atoms with E-state index < -0.39 is 0 Å². The number of rotatable bonds is 3. The number of hydrogen-bond acceptors (Lipinski definition) is 3. The molecule has 0 radical (unpaired) electrons. The number of azo groups is 1. The first-order valence-electron chi connectivity index (χ1n) is 5.56. The molecule has 88 valence electrons. The van der Waals surface area contributed by atoms with Gasteiger partial charge in [-0.3, -0.25) is 4.79 Å². The number of halogens is 1. The van der Waals surface area contributed by atoms with Crippen molar-refractivity contribution >= 4 is 28.2 Å². The Hall–Kier alpha value is -2.00. The molecule has 1 heterocycles. The van der Waals surface area contributed by atoms with Crippen LogP contribution in [0.3, 0.4) is 0 Å². The van der Waals surface area contributed by atoms with E-state index in [9.17, 15) is 4.79 Å². The molecule has 2 aromatic rings. The van der Waals surface area contributed by atoms with Crippen molar-refractivity contribution in [3.63, 3.8) is 0 Å². The molecule has 3 nitrogen and oxygen atoms in total. The highest BCUT2D eigenvalue weighted by Crippen LogP contribution is 2.38. The van der Waals surface area contributed by atoms with Gasteiger partial charge in [-0.1, -0.05) is 24.3 Å². The summed E-state index contributed by atoms with van der Waals surface area (Å²) in [5, 5.41) is 7.76. The van der Waals surface area contributed by atoms with Gasteiger partial charge in [-0.25, -0.2) is 0 Å². The number of carbonyl (C=O) groups excluding carboxylic acids is 1. The third kappa shape index (κ3) is 2.05. The van der Waals surface area contributed by atoms with Crippen LogP contribution < -0.4 is 0 Å². The average Bonchev–Trinajstić information content (AvgIpc) is 2.72. The Balaban J connectivity index is 1.94. The van der Waals surface area contributed by atoms with Gasteiger partial charge in [0.05, 0.1) is 11.4 Å². The zero-order valence-electron chi connectivity index (χ0n) is 9.43. The molecule has 0 aliphatic carbocycles. The van der Waals surface area contributed by atoms with E-state index >= 15 is 0 Å². The first kappa shape index (κ1) is 11.1. The summed E-state index contributed by atoms with van der Waals surface area (Å²) >= 11 is 5.36. The lowest BCUT2D eigenvalue weighted by molar-refractivity contribution is -0.111. The van der Waals surface area contributed by atoms with Crippen LogP contribution in [-0.4, -0.2) is 5.24 Å². The molecule has 2 bridgehead atoms. The minimum Gasteiger partial charge on any atom is -0.281 e. The Morgan fingerprint density at radius 3 is 2.56 bits per heavy atom. The van der Waals surface area contributed by atoms with Crippen molar-refractivity contribution in [3.8, 4) is 11.1 Å². The predicted molar refractivity (Wildman–Crippen MR) is 70.6 cm³/mol. The van der Waals surface area contributed by atoms with Crippen LogP contribution in [0.1, 0.15) is 5.56 Å². The Morgan fingerprint density at radius 1 is 1.06 bits per heavy atom. The fourth-order valence-electron chi connectivity index (χ4n) is 1.98. The molecule has 0 amide bonds. The maximum Gasteiger partial charge on any atom is 0.226 e. The van der Waals surface area contributed by atoms with Crippen LogP contribution in [0.4, 0.5) is 11.4 Å². The van der Waals surface area contributed by atoms with Crippen LogP contribution in [0.25, 0.3) is 11.1 Å². The van der Waals surface area contributed by atoms with E-state index in [4.69, 9.17) is 11.6 Å². The molecule has 2 aromatic carbocycles. The van der Waals surface area contributed by atoms with E-state index in [1.807, 2.05) is 42.5 Å². The molecule has 18 heavy (non-hydrogen) atoms. The maximum atomic E-state index is 10.8. The van der Waals surface area contributed by atoms with E-state index in [0.717, 1.165) is 28.1 Å². The predicted octanol–water partition coefficient (Wildman–Crippen LogP) is 4.39. The molecule has 1 aliphatic rings. The van der Waals surface area contributed by atoms with Crippen molar-refractivity contribution in [2.75, 3.05) is 0 Å². The largest absolute Gasteiger partial charge is 0.281 e. The zero-order chi connectivity index (χ0) is 12.5. The lowest BCUT2D eigenvalue weighted by atomic mass is 10.0. The molecule has 0 saturated heterocycles. The third-order valence-electron chi connectivity index (χ3n) is 2.86. The van der Waals surface area contributed by atoms with Gasteiger partial charge in [0.1, 0.15) is 0 Å². The molecule has 4 heteroatoms. The smallest absolute Gasteiger partial charge is 0.226 e. The molecule has 0 atom stereocenters. The fourth-order valence-corrected chi connectivity index (χ4v) is 2.14. The molecular formula is C14H9ClN2O. The zero-order valence-corrected chi connectivity index (χ0v) is 10.2. The van der Waals surface area contributed by atoms with Gasteiger partial charge >= 0.3 is 0 Å². The van der Waals surface area contributed by atoms with Crippen molar-refractivity contribution < 1.29 is 4.79 Å². The quantitative estimate of drug-likeness (QED) is 0.641. The van der Waals surface area contributed by atoms with Gasteiger partial charge in [-0.15, -0.1) is 5.11 Å². The lowest BCUT2D eigenvalue weighted by Gasteiger charge is -2.04. The van der Waals surface area contributed by atoms with Crippen LogP contribution in [0.5, 0.6) is 0 Å². The highest BCUT2D eigenvalue weighted by molar-refractivity contribution is 6.63. The summed E-state index contributed by atoms with van der Waals surface area (Å²) in [5.74, 6) is 0. The van der Waals surface area contributed by atoms with E-state index in [0.29, 0.717) is 0 Å². The summed E-state index contributed by atoms with van der Waals surface area (Å²) in [7, 11) is 0. The van der Waals surface area contributed by atoms with Crippen molar-refractivity contribution in [2.24, 2.45) is 10.2 Å². The lowest BCUT2D eigenvalue weighted by Crippen LogP contribution is -1.92. The van der Waals surface area contributed by atoms with Gasteiger partial charge in [0, 0.05) is 12.0 Å². The van der Waals surface area contributed by atoms with Crippen LogP contribution >= 0.6 is 11.6 Å². The number of fused-ring (bicyclic) bond motifs is 2. The van der Waals surface area contributed by atoms with E-state index in [1.54, 1.807) is 0 Å². The third-order valence-corrected chi connectivity index (χ3v) is 3.00. The summed E-state index contributed by atoms with van der Waals surface area (Å²) < 4.78 is 0. The minimum absolute atomic E-state index is 0.257. The number of carbonyl (C=O) groups is 1. The fraction of sp³-hybridized carbons (Fsp3) is 0.0714. The summed E-state index contributed by atoms with van der Waals surface area (Å²) in [5.41, 5.74) is 4.78. The van der Waals surface area contributed by atoms with Gasteiger partial charge in [0.2, 0.25) is 5.24 Å². The van der Waals surface area contributed by atoms with Crippen LogP contribution in [-0.2, 0) is 11.2 Å². The van der Waals surface area contributed by atoms with Crippen LogP contribution in [0.2, 0.25) is 0 Å². The van der Waals surface area contributed by atoms with E-state index in [-0.39, 0.29) is 11.7 Å². The molecule has 1 aliphatic heterocycles. The second-order valence-corrected chi connectivity index (χ2v) is 4.55. The molecule has 0 unspecified atom stereocenters. The Morgan fingerprint density at radius 2 is 1.83 bits per heavy atom. The Kier molecular flexibility index (Phi) is 2.68. The highest BCUT2D eigenvalue weighted by atomic mass is 35.5. The monoisotopic (exact) mass is 256 g/mol. The summed E-state index contributed by atoms with van der Waals surface area (Å²) in [6, 6.07) is 13.6. The summed E-state index contributed by atoms with van der Waals surface area (Å²) in [6.45, 7) is 0. The SMILES string of the molecule is O=C(Cl)Cc1ccc(-c2ccc3cc2N=N3)cc1. The van der Waals surface area contributed by atoms with E-state index in [1.165, 1.54) is 0 Å². The molecule has 0 N–H and O–H groups in total. The number of nitrogens with zero attached hydrogens (tertiary/aromatic N) is 2. The topological polar surface area (TPSA) is 41.8 Å². The van der Waals surface area contributed by atoms with Gasteiger partial charge in [0.15, 0.2) is 0 Å². The normalized spacial score (nSPS) is 11.8. The average molecular weight is 257 g/mol. The second-order valence-electron chi connectivity index (χ2n) is 4.13. The van der Waals surface area contributed by atoms with Crippen LogP contribution in [0, 0.1) is 0 Å². The van der Waals surface area contributed by atoms with Crippen molar-refractivity contribution in [2.45, 2.75) is 6.42 Å².